The molecule has 1 fully saturated rings. The molecule has 1 saturated heterocycles. The fourth-order valence-electron chi connectivity index (χ4n) is 4.85. The van der Waals surface area contributed by atoms with Gasteiger partial charge in [-0.1, -0.05) is 12.1 Å². The second-order valence-corrected chi connectivity index (χ2v) is 9.19. The predicted octanol–water partition coefficient (Wildman–Crippen LogP) is 2.84. The molecule has 0 radical (unpaired) electrons. The molecule has 1 atom stereocenters. The summed E-state index contributed by atoms with van der Waals surface area (Å²) in [5, 5.41) is 16.4. The molecule has 4 N–H and O–H groups in total. The van der Waals surface area contributed by atoms with Crippen LogP contribution in [0.15, 0.2) is 67.3 Å². The zero-order chi connectivity index (χ0) is 26.1. The molecule has 0 saturated carbocycles. The molecular formula is C26H26FN9O2. The molecule has 11 nitrogen and oxygen atoms in total. The summed E-state index contributed by atoms with van der Waals surface area (Å²) in [7, 11) is 0. The summed E-state index contributed by atoms with van der Waals surface area (Å²) in [6.07, 6.45) is 3.97. The van der Waals surface area contributed by atoms with Crippen molar-refractivity contribution in [1.29, 1.82) is 0 Å². The van der Waals surface area contributed by atoms with E-state index in [9.17, 15) is 9.18 Å². The lowest BCUT2D eigenvalue weighted by Gasteiger charge is -2.32. The number of piperazine rings is 1. The Balaban J connectivity index is 1.23. The van der Waals surface area contributed by atoms with Crippen LogP contribution in [0.4, 0.5) is 20.7 Å². The molecule has 3 aromatic heterocycles. The van der Waals surface area contributed by atoms with E-state index in [1.165, 1.54) is 18.5 Å². The smallest absolute Gasteiger partial charge is 0.406 e. The van der Waals surface area contributed by atoms with E-state index in [4.69, 9.17) is 10.5 Å². The van der Waals surface area contributed by atoms with Gasteiger partial charge in [0.05, 0.1) is 18.3 Å². The molecule has 1 aliphatic rings. The van der Waals surface area contributed by atoms with Crippen molar-refractivity contribution >= 4 is 34.0 Å². The fourth-order valence-corrected chi connectivity index (χ4v) is 4.85. The summed E-state index contributed by atoms with van der Waals surface area (Å²) >= 11 is 0. The van der Waals surface area contributed by atoms with Crippen LogP contribution < -0.4 is 16.4 Å². The number of benzene rings is 2. The molecular weight excluding hydrogens is 489 g/mol. The van der Waals surface area contributed by atoms with Gasteiger partial charge < -0.3 is 15.8 Å². The van der Waals surface area contributed by atoms with Gasteiger partial charge in [-0.3, -0.25) is 14.9 Å². The summed E-state index contributed by atoms with van der Waals surface area (Å²) in [6.45, 7) is 3.10. The number of aromatic nitrogens is 5. The number of primary amides is 1. The predicted molar refractivity (Wildman–Crippen MR) is 139 cm³/mol. The maximum absolute atomic E-state index is 13.6. The zero-order valence-electron chi connectivity index (χ0n) is 20.4. The van der Waals surface area contributed by atoms with Gasteiger partial charge in [0.15, 0.2) is 12.0 Å². The molecule has 0 spiro atoms. The van der Waals surface area contributed by atoms with E-state index in [-0.39, 0.29) is 5.82 Å². The van der Waals surface area contributed by atoms with Crippen LogP contribution in [0.1, 0.15) is 11.1 Å². The maximum Gasteiger partial charge on any atom is 0.406 e. The van der Waals surface area contributed by atoms with Gasteiger partial charge in [-0.25, -0.2) is 18.7 Å². The summed E-state index contributed by atoms with van der Waals surface area (Å²) in [5.74, 6) is 0.411. The first-order valence-electron chi connectivity index (χ1n) is 12.2. The molecule has 2 aromatic carbocycles. The van der Waals surface area contributed by atoms with E-state index >= 15 is 0 Å². The minimum absolute atomic E-state index is 0.262. The Morgan fingerprint density at radius 1 is 1.18 bits per heavy atom. The van der Waals surface area contributed by atoms with Crippen molar-refractivity contribution in [3.8, 4) is 0 Å². The largest absolute Gasteiger partial charge is 0.429 e. The number of rotatable bonds is 7. The molecule has 194 valence electrons. The molecule has 6 rings (SSSR count). The second-order valence-electron chi connectivity index (χ2n) is 9.19. The van der Waals surface area contributed by atoms with E-state index in [0.717, 1.165) is 39.8 Å². The van der Waals surface area contributed by atoms with Crippen LogP contribution in [0.25, 0.3) is 16.4 Å². The first kappa shape index (κ1) is 23.8. The van der Waals surface area contributed by atoms with Crippen LogP contribution in [-0.4, -0.2) is 61.2 Å². The average molecular weight is 516 g/mol. The van der Waals surface area contributed by atoms with Gasteiger partial charge >= 0.3 is 6.09 Å². The summed E-state index contributed by atoms with van der Waals surface area (Å²) in [6, 6.07) is 14.5. The van der Waals surface area contributed by atoms with Crippen molar-refractivity contribution in [2.45, 2.75) is 19.3 Å². The topological polar surface area (TPSA) is 128 Å². The number of hydrogen-bond acceptors (Lipinski definition) is 8. The number of nitrogens with two attached hydrogens (primary N) is 1. The van der Waals surface area contributed by atoms with Crippen LogP contribution in [0.3, 0.4) is 0 Å². The van der Waals surface area contributed by atoms with Gasteiger partial charge in [0.2, 0.25) is 0 Å². The molecule has 4 heterocycles. The van der Waals surface area contributed by atoms with Crippen molar-refractivity contribution in [1.82, 2.24) is 34.6 Å². The molecule has 12 heteroatoms. The number of carbonyl (C=O) groups is 1. The van der Waals surface area contributed by atoms with Crippen LogP contribution in [0.2, 0.25) is 0 Å². The number of anilines is 2. The van der Waals surface area contributed by atoms with E-state index in [2.05, 4.69) is 30.7 Å². The number of nitrogens with one attached hydrogen (secondary N) is 2. The van der Waals surface area contributed by atoms with Gasteiger partial charge in [0.25, 0.3) is 0 Å². The monoisotopic (exact) mass is 515 g/mol. The maximum atomic E-state index is 13.6. The summed E-state index contributed by atoms with van der Waals surface area (Å²) in [5.41, 5.74) is 9.73. The molecule has 0 bridgehead atoms. The van der Waals surface area contributed by atoms with Crippen LogP contribution in [0, 0.1) is 5.82 Å². The number of carbonyl (C=O) groups excluding carboxylic acids is 1. The Morgan fingerprint density at radius 3 is 2.97 bits per heavy atom. The van der Waals surface area contributed by atoms with Crippen molar-refractivity contribution < 1.29 is 13.9 Å². The summed E-state index contributed by atoms with van der Waals surface area (Å²) < 4.78 is 22.4. The minimum atomic E-state index is -0.796. The number of fused-ring (bicyclic) bond motifs is 2. The van der Waals surface area contributed by atoms with Gasteiger partial charge in [0.1, 0.15) is 17.7 Å². The molecule has 1 aliphatic heterocycles. The van der Waals surface area contributed by atoms with Gasteiger partial charge in [-0.2, -0.15) is 10.2 Å². The van der Waals surface area contributed by atoms with E-state index in [1.807, 2.05) is 41.2 Å². The third kappa shape index (κ3) is 4.99. The minimum Gasteiger partial charge on any atom is -0.429 e. The first-order chi connectivity index (χ1) is 18.5. The first-order valence-corrected chi connectivity index (χ1v) is 12.2. The highest BCUT2D eigenvalue weighted by molar-refractivity contribution is 5.85. The van der Waals surface area contributed by atoms with E-state index in [1.54, 1.807) is 16.8 Å². The van der Waals surface area contributed by atoms with Crippen LogP contribution >= 0.6 is 0 Å². The number of ether oxygens (including phenoxy) is 1. The third-order valence-corrected chi connectivity index (χ3v) is 6.54. The SMILES string of the molecule is NC(=O)OC1CN(Cc2ccn3ncnc(Nc4ccc5c(cnn5Cc5cccc(F)c5)c4)c23)CCN1. The van der Waals surface area contributed by atoms with E-state index in [0.29, 0.717) is 32.0 Å². The van der Waals surface area contributed by atoms with Crippen molar-refractivity contribution in [3.05, 3.63) is 84.2 Å². The standard InChI is InChI=1S/C26H26FN9O2/c27-20-3-1-2-17(10-20)13-36-22-5-4-21(11-19(22)12-31-36)33-25-24-18(6-8-35(24)32-16-30-25)14-34-9-7-29-23(15-34)38-26(28)37/h1-6,8,10-12,16,23,29H,7,9,13-15H2,(H2,28,37)(H,30,32,33). The van der Waals surface area contributed by atoms with Crippen LogP contribution in [-0.2, 0) is 17.8 Å². The zero-order valence-corrected chi connectivity index (χ0v) is 20.4. The lowest BCUT2D eigenvalue weighted by Crippen LogP contribution is -2.52. The normalized spacial score (nSPS) is 16.2. The molecule has 5 aromatic rings. The van der Waals surface area contributed by atoms with Crippen molar-refractivity contribution in [3.63, 3.8) is 0 Å². The molecule has 38 heavy (non-hydrogen) atoms. The lowest BCUT2D eigenvalue weighted by atomic mass is 10.2. The second kappa shape index (κ2) is 10.1. The van der Waals surface area contributed by atoms with Gasteiger partial charge in [0, 0.05) is 43.4 Å². The van der Waals surface area contributed by atoms with Crippen molar-refractivity contribution in [2.24, 2.45) is 5.73 Å². The highest BCUT2D eigenvalue weighted by Gasteiger charge is 2.23. The van der Waals surface area contributed by atoms with Crippen LogP contribution in [0.5, 0.6) is 0 Å². The number of hydrogen-bond donors (Lipinski definition) is 3. The fraction of sp³-hybridized carbons (Fsp3) is 0.231. The molecule has 1 unspecified atom stereocenters. The quantitative estimate of drug-likeness (QED) is 0.302. The number of halogens is 1. The van der Waals surface area contributed by atoms with Gasteiger partial charge in [-0.05, 0) is 47.5 Å². The van der Waals surface area contributed by atoms with Crippen molar-refractivity contribution in [2.75, 3.05) is 25.0 Å². The Bertz CT molecular complexity index is 1620. The number of nitrogens with zero attached hydrogens (tertiary/aromatic N) is 6. The third-order valence-electron chi connectivity index (χ3n) is 6.54. The highest BCUT2D eigenvalue weighted by atomic mass is 19.1. The van der Waals surface area contributed by atoms with E-state index < -0.39 is 12.3 Å². The molecule has 0 aliphatic carbocycles. The Labute approximate surface area is 217 Å². The summed E-state index contributed by atoms with van der Waals surface area (Å²) in [4.78, 5) is 17.9. The number of amides is 1. The highest BCUT2D eigenvalue weighted by Crippen LogP contribution is 2.27. The lowest BCUT2D eigenvalue weighted by molar-refractivity contribution is 0.0316. The van der Waals surface area contributed by atoms with Gasteiger partial charge in [-0.15, -0.1) is 0 Å². The Kier molecular flexibility index (Phi) is 6.32. The Hall–Kier alpha value is -4.55. The average Bonchev–Trinajstić information content (AvgIpc) is 3.48. The molecule has 1 amide bonds. The Morgan fingerprint density at radius 2 is 2.11 bits per heavy atom.